The van der Waals surface area contributed by atoms with Crippen LogP contribution in [0.5, 0.6) is 0 Å². The SMILES string of the molecule is CCN(CC)CCN(Cc1ccccc1)C(=O)C(C)CNC. The molecule has 0 fully saturated rings. The normalized spacial score (nSPS) is 12.4. The van der Waals surface area contributed by atoms with E-state index < -0.39 is 0 Å². The maximum absolute atomic E-state index is 12.7. The highest BCUT2D eigenvalue weighted by Crippen LogP contribution is 2.09. The zero-order valence-corrected chi connectivity index (χ0v) is 14.5. The van der Waals surface area contributed by atoms with E-state index in [-0.39, 0.29) is 11.8 Å². The zero-order valence-electron chi connectivity index (χ0n) is 14.5. The van der Waals surface area contributed by atoms with E-state index in [0.717, 1.165) is 32.7 Å². The van der Waals surface area contributed by atoms with Gasteiger partial charge in [-0.1, -0.05) is 51.1 Å². The lowest BCUT2D eigenvalue weighted by molar-refractivity contribution is -0.135. The van der Waals surface area contributed by atoms with Crippen molar-refractivity contribution in [2.75, 3.05) is 39.8 Å². The first-order valence-corrected chi connectivity index (χ1v) is 8.32. The number of carbonyl (C=O) groups excluding carboxylic acids is 1. The summed E-state index contributed by atoms with van der Waals surface area (Å²) in [5.74, 6) is 0.232. The zero-order chi connectivity index (χ0) is 16.4. The van der Waals surface area contributed by atoms with E-state index in [1.807, 2.05) is 37.1 Å². The van der Waals surface area contributed by atoms with E-state index in [4.69, 9.17) is 0 Å². The van der Waals surface area contributed by atoms with Crippen molar-refractivity contribution in [3.63, 3.8) is 0 Å². The summed E-state index contributed by atoms with van der Waals surface area (Å²) >= 11 is 0. The number of rotatable bonds is 10. The third kappa shape index (κ3) is 6.16. The maximum Gasteiger partial charge on any atom is 0.227 e. The molecule has 0 aliphatic heterocycles. The van der Waals surface area contributed by atoms with E-state index in [1.54, 1.807) is 0 Å². The van der Waals surface area contributed by atoms with Crippen LogP contribution >= 0.6 is 0 Å². The van der Waals surface area contributed by atoms with E-state index in [1.165, 1.54) is 5.56 Å². The third-order valence-corrected chi connectivity index (χ3v) is 4.04. The number of nitrogens with zero attached hydrogens (tertiary/aromatic N) is 2. The molecular formula is C18H31N3O. The van der Waals surface area contributed by atoms with Gasteiger partial charge in [0.1, 0.15) is 0 Å². The first-order valence-electron chi connectivity index (χ1n) is 8.32. The summed E-state index contributed by atoms with van der Waals surface area (Å²) in [5, 5.41) is 3.10. The number of hydrogen-bond donors (Lipinski definition) is 1. The van der Waals surface area contributed by atoms with E-state index in [0.29, 0.717) is 6.54 Å². The van der Waals surface area contributed by atoms with Gasteiger partial charge in [0.25, 0.3) is 0 Å². The summed E-state index contributed by atoms with van der Waals surface area (Å²) in [6.07, 6.45) is 0. The van der Waals surface area contributed by atoms with Gasteiger partial charge in [-0.25, -0.2) is 0 Å². The number of nitrogens with one attached hydrogen (secondary N) is 1. The fourth-order valence-corrected chi connectivity index (χ4v) is 2.58. The van der Waals surface area contributed by atoms with Crippen molar-refractivity contribution in [3.05, 3.63) is 35.9 Å². The molecule has 1 rings (SSSR count). The quantitative estimate of drug-likeness (QED) is 0.720. The van der Waals surface area contributed by atoms with Gasteiger partial charge in [0.05, 0.1) is 0 Å². The van der Waals surface area contributed by atoms with Gasteiger partial charge in [0.15, 0.2) is 0 Å². The smallest absolute Gasteiger partial charge is 0.227 e. The summed E-state index contributed by atoms with van der Waals surface area (Å²) in [4.78, 5) is 17.0. The van der Waals surface area contributed by atoms with Crippen molar-refractivity contribution in [2.45, 2.75) is 27.3 Å². The van der Waals surface area contributed by atoms with Gasteiger partial charge in [0.2, 0.25) is 5.91 Å². The Morgan fingerprint density at radius 2 is 1.77 bits per heavy atom. The summed E-state index contributed by atoms with van der Waals surface area (Å²) in [7, 11) is 1.89. The fourth-order valence-electron chi connectivity index (χ4n) is 2.58. The molecule has 0 spiro atoms. The lowest BCUT2D eigenvalue weighted by Gasteiger charge is -2.29. The van der Waals surface area contributed by atoms with E-state index >= 15 is 0 Å². The van der Waals surface area contributed by atoms with E-state index in [2.05, 4.69) is 36.2 Å². The highest BCUT2D eigenvalue weighted by Gasteiger charge is 2.20. The van der Waals surface area contributed by atoms with Crippen molar-refractivity contribution in [3.8, 4) is 0 Å². The second kappa shape index (κ2) is 10.4. The van der Waals surface area contributed by atoms with Crippen molar-refractivity contribution in [1.29, 1.82) is 0 Å². The number of carbonyl (C=O) groups is 1. The maximum atomic E-state index is 12.7. The lowest BCUT2D eigenvalue weighted by atomic mass is 10.1. The lowest BCUT2D eigenvalue weighted by Crippen LogP contribution is -2.42. The average molecular weight is 305 g/mol. The van der Waals surface area contributed by atoms with Crippen LogP contribution in [0.15, 0.2) is 30.3 Å². The van der Waals surface area contributed by atoms with Crippen LogP contribution in [0.1, 0.15) is 26.3 Å². The average Bonchev–Trinajstić information content (AvgIpc) is 2.55. The Morgan fingerprint density at radius 3 is 2.32 bits per heavy atom. The molecule has 22 heavy (non-hydrogen) atoms. The van der Waals surface area contributed by atoms with Crippen LogP contribution in [0.3, 0.4) is 0 Å². The molecule has 0 heterocycles. The van der Waals surface area contributed by atoms with Crippen LogP contribution in [0.2, 0.25) is 0 Å². The molecule has 0 saturated carbocycles. The molecule has 1 N–H and O–H groups in total. The molecule has 1 unspecified atom stereocenters. The van der Waals surface area contributed by atoms with Gasteiger partial charge in [0, 0.05) is 32.1 Å². The van der Waals surface area contributed by atoms with E-state index in [9.17, 15) is 4.79 Å². The molecule has 0 aliphatic carbocycles. The first-order chi connectivity index (χ1) is 10.6. The van der Waals surface area contributed by atoms with Gasteiger partial charge in [-0.05, 0) is 25.7 Å². The predicted molar refractivity (Wildman–Crippen MR) is 92.7 cm³/mol. The Kier molecular flexibility index (Phi) is 8.78. The predicted octanol–water partition coefficient (Wildman–Crippen LogP) is 2.21. The number of likely N-dealkylation sites (N-methyl/N-ethyl adjacent to an activating group) is 1. The van der Waals surface area contributed by atoms with Gasteiger partial charge >= 0.3 is 0 Å². The second-order valence-corrected chi connectivity index (χ2v) is 5.73. The Bertz CT molecular complexity index is 418. The molecule has 1 atom stereocenters. The Labute approximate surface area is 135 Å². The summed E-state index contributed by atoms with van der Waals surface area (Å²) < 4.78 is 0. The van der Waals surface area contributed by atoms with Crippen molar-refractivity contribution in [2.24, 2.45) is 5.92 Å². The second-order valence-electron chi connectivity index (χ2n) is 5.73. The van der Waals surface area contributed by atoms with Crippen LogP contribution in [0, 0.1) is 5.92 Å². The van der Waals surface area contributed by atoms with Crippen LogP contribution in [0.4, 0.5) is 0 Å². The van der Waals surface area contributed by atoms with Crippen molar-refractivity contribution >= 4 is 5.91 Å². The molecule has 1 aromatic carbocycles. The molecule has 124 valence electrons. The van der Waals surface area contributed by atoms with Crippen molar-refractivity contribution < 1.29 is 4.79 Å². The minimum atomic E-state index is 0.00501. The third-order valence-electron chi connectivity index (χ3n) is 4.04. The Morgan fingerprint density at radius 1 is 1.14 bits per heavy atom. The minimum absolute atomic E-state index is 0.00501. The van der Waals surface area contributed by atoms with Crippen LogP contribution < -0.4 is 5.32 Å². The van der Waals surface area contributed by atoms with Gasteiger partial charge in [-0.15, -0.1) is 0 Å². The Hall–Kier alpha value is -1.39. The largest absolute Gasteiger partial charge is 0.337 e. The Balaban J connectivity index is 2.73. The number of benzene rings is 1. The summed E-state index contributed by atoms with van der Waals surface area (Å²) in [6.45, 7) is 11.5. The molecule has 0 saturated heterocycles. The molecular weight excluding hydrogens is 274 g/mol. The topological polar surface area (TPSA) is 35.6 Å². The summed E-state index contributed by atoms with van der Waals surface area (Å²) in [5.41, 5.74) is 1.19. The molecule has 0 bridgehead atoms. The highest BCUT2D eigenvalue weighted by atomic mass is 16.2. The standard InChI is InChI=1S/C18H31N3O/c1-5-20(6-2)12-13-21(18(22)16(3)14-19-4)15-17-10-8-7-9-11-17/h7-11,16,19H,5-6,12-15H2,1-4H3. The highest BCUT2D eigenvalue weighted by molar-refractivity contribution is 5.78. The van der Waals surface area contributed by atoms with Gasteiger partial charge in [-0.3, -0.25) is 4.79 Å². The molecule has 1 aromatic rings. The molecule has 4 nitrogen and oxygen atoms in total. The minimum Gasteiger partial charge on any atom is -0.337 e. The van der Waals surface area contributed by atoms with Gasteiger partial charge in [-0.2, -0.15) is 0 Å². The number of amides is 1. The molecule has 0 aliphatic rings. The molecule has 0 radical (unpaired) electrons. The molecule has 1 amide bonds. The van der Waals surface area contributed by atoms with Crippen LogP contribution in [-0.4, -0.2) is 55.5 Å². The van der Waals surface area contributed by atoms with Crippen molar-refractivity contribution in [1.82, 2.24) is 15.1 Å². The fraction of sp³-hybridized carbons (Fsp3) is 0.611. The van der Waals surface area contributed by atoms with Crippen LogP contribution in [-0.2, 0) is 11.3 Å². The summed E-state index contributed by atoms with van der Waals surface area (Å²) in [6, 6.07) is 10.2. The van der Waals surface area contributed by atoms with Crippen LogP contribution in [0.25, 0.3) is 0 Å². The number of hydrogen-bond acceptors (Lipinski definition) is 3. The monoisotopic (exact) mass is 305 g/mol. The first kappa shape index (κ1) is 18.7. The molecule has 4 heteroatoms. The van der Waals surface area contributed by atoms with Gasteiger partial charge < -0.3 is 15.1 Å². The molecule has 0 aromatic heterocycles.